The molecular formula is C29H32N2O5. The van der Waals surface area contributed by atoms with Crippen LogP contribution in [0, 0.1) is 6.92 Å². The van der Waals surface area contributed by atoms with Crippen molar-refractivity contribution in [1.29, 1.82) is 0 Å². The van der Waals surface area contributed by atoms with Crippen molar-refractivity contribution in [3.05, 3.63) is 83.9 Å². The molecule has 2 amide bonds. The van der Waals surface area contributed by atoms with Crippen LogP contribution in [0.5, 0.6) is 11.5 Å². The fourth-order valence-corrected chi connectivity index (χ4v) is 3.32. The van der Waals surface area contributed by atoms with E-state index in [4.69, 9.17) is 9.47 Å². The Labute approximate surface area is 211 Å². The molecule has 0 unspecified atom stereocenters. The highest BCUT2D eigenvalue weighted by Gasteiger charge is 2.14. The number of aryl methyl sites for hydroxylation is 1. The second-order valence-corrected chi connectivity index (χ2v) is 9.47. The molecule has 0 saturated carbocycles. The molecule has 188 valence electrons. The summed E-state index contributed by atoms with van der Waals surface area (Å²) >= 11 is 0. The molecule has 3 aromatic rings. The number of esters is 1. The largest absolute Gasteiger partial charge is 0.457 e. The van der Waals surface area contributed by atoms with E-state index in [2.05, 4.69) is 31.4 Å². The van der Waals surface area contributed by atoms with Crippen molar-refractivity contribution in [2.24, 2.45) is 0 Å². The fraction of sp³-hybridized carbons (Fsp3) is 0.276. The Morgan fingerprint density at radius 3 is 1.97 bits per heavy atom. The van der Waals surface area contributed by atoms with E-state index in [1.165, 1.54) is 5.56 Å². The predicted octanol–water partition coefficient (Wildman–Crippen LogP) is 5.99. The second-order valence-electron chi connectivity index (χ2n) is 9.47. The van der Waals surface area contributed by atoms with Crippen LogP contribution in [0.3, 0.4) is 0 Å². The van der Waals surface area contributed by atoms with Crippen molar-refractivity contribution >= 4 is 29.2 Å². The zero-order valence-corrected chi connectivity index (χ0v) is 21.1. The highest BCUT2D eigenvalue weighted by molar-refractivity contribution is 5.94. The standard InChI is InChI=1S/C29H32N2O5/c1-20-7-5-6-8-25(20)31-27(33)19-35-28(34)18-17-26(32)30-22-11-15-24(16-12-22)36-23-13-9-21(10-14-23)29(2,3)4/h5-16H,17-19H2,1-4H3,(H,30,32)(H,31,33). The number of anilines is 2. The third-order valence-electron chi connectivity index (χ3n) is 5.43. The third-order valence-corrected chi connectivity index (χ3v) is 5.43. The zero-order valence-electron chi connectivity index (χ0n) is 21.1. The number of hydrogen-bond donors (Lipinski definition) is 2. The Kier molecular flexibility index (Phi) is 8.84. The number of carbonyl (C=O) groups is 3. The molecule has 36 heavy (non-hydrogen) atoms. The first kappa shape index (κ1) is 26.5. The molecule has 0 radical (unpaired) electrons. The lowest BCUT2D eigenvalue weighted by atomic mass is 9.87. The molecule has 0 atom stereocenters. The van der Waals surface area contributed by atoms with Gasteiger partial charge in [-0.2, -0.15) is 0 Å². The van der Waals surface area contributed by atoms with E-state index >= 15 is 0 Å². The van der Waals surface area contributed by atoms with Gasteiger partial charge in [-0.05, 0) is 65.9 Å². The Bertz CT molecular complexity index is 1200. The van der Waals surface area contributed by atoms with Crippen molar-refractivity contribution < 1.29 is 23.9 Å². The van der Waals surface area contributed by atoms with Crippen molar-refractivity contribution in [3.8, 4) is 11.5 Å². The van der Waals surface area contributed by atoms with E-state index in [1.54, 1.807) is 36.4 Å². The number of para-hydroxylation sites is 1. The molecule has 7 heteroatoms. The van der Waals surface area contributed by atoms with Gasteiger partial charge >= 0.3 is 5.97 Å². The van der Waals surface area contributed by atoms with Gasteiger partial charge in [-0.3, -0.25) is 14.4 Å². The van der Waals surface area contributed by atoms with Crippen molar-refractivity contribution in [3.63, 3.8) is 0 Å². The van der Waals surface area contributed by atoms with E-state index in [-0.39, 0.29) is 24.2 Å². The normalized spacial score (nSPS) is 10.9. The van der Waals surface area contributed by atoms with E-state index in [1.807, 2.05) is 43.3 Å². The molecular weight excluding hydrogens is 456 g/mol. The molecule has 2 N–H and O–H groups in total. The molecule has 0 aliphatic heterocycles. The Hall–Kier alpha value is -4.13. The van der Waals surface area contributed by atoms with Gasteiger partial charge in [0.1, 0.15) is 11.5 Å². The second kappa shape index (κ2) is 12.0. The van der Waals surface area contributed by atoms with E-state index in [0.717, 1.165) is 11.3 Å². The van der Waals surface area contributed by atoms with Gasteiger partial charge in [0.2, 0.25) is 5.91 Å². The van der Waals surface area contributed by atoms with E-state index in [0.29, 0.717) is 17.1 Å². The third kappa shape index (κ3) is 8.27. The fourth-order valence-electron chi connectivity index (χ4n) is 3.32. The topological polar surface area (TPSA) is 93.7 Å². The molecule has 0 saturated heterocycles. The van der Waals surface area contributed by atoms with Gasteiger partial charge in [-0.1, -0.05) is 51.1 Å². The van der Waals surface area contributed by atoms with Crippen LogP contribution in [0.25, 0.3) is 0 Å². The highest BCUT2D eigenvalue weighted by atomic mass is 16.5. The van der Waals surface area contributed by atoms with Crippen molar-refractivity contribution in [1.82, 2.24) is 0 Å². The van der Waals surface area contributed by atoms with Crippen LogP contribution in [0.15, 0.2) is 72.8 Å². The Morgan fingerprint density at radius 2 is 1.36 bits per heavy atom. The molecule has 3 rings (SSSR count). The Morgan fingerprint density at radius 1 is 0.750 bits per heavy atom. The lowest BCUT2D eigenvalue weighted by molar-refractivity contribution is -0.147. The lowest BCUT2D eigenvalue weighted by Crippen LogP contribution is -2.22. The molecule has 0 bridgehead atoms. The van der Waals surface area contributed by atoms with Crippen molar-refractivity contribution in [2.45, 2.75) is 46.0 Å². The number of carbonyl (C=O) groups excluding carboxylic acids is 3. The summed E-state index contributed by atoms with van der Waals surface area (Å²) in [5, 5.41) is 5.42. The number of benzene rings is 3. The maximum absolute atomic E-state index is 12.2. The van der Waals surface area contributed by atoms with Crippen LogP contribution in [0.2, 0.25) is 0 Å². The minimum Gasteiger partial charge on any atom is -0.457 e. The summed E-state index contributed by atoms with van der Waals surface area (Å²) < 4.78 is 10.8. The van der Waals surface area contributed by atoms with Crippen LogP contribution in [0.4, 0.5) is 11.4 Å². The Balaban J connectivity index is 1.38. The van der Waals surface area contributed by atoms with Gasteiger partial charge in [-0.15, -0.1) is 0 Å². The SMILES string of the molecule is Cc1ccccc1NC(=O)COC(=O)CCC(=O)Nc1ccc(Oc2ccc(C(C)(C)C)cc2)cc1. The maximum Gasteiger partial charge on any atom is 0.306 e. The van der Waals surface area contributed by atoms with Gasteiger partial charge in [-0.25, -0.2) is 0 Å². The molecule has 7 nitrogen and oxygen atoms in total. The molecule has 0 aliphatic rings. The van der Waals surface area contributed by atoms with Gasteiger partial charge in [0.05, 0.1) is 6.42 Å². The predicted molar refractivity (Wildman–Crippen MR) is 140 cm³/mol. The highest BCUT2D eigenvalue weighted by Crippen LogP contribution is 2.27. The smallest absolute Gasteiger partial charge is 0.306 e. The molecule has 0 aliphatic carbocycles. The first-order valence-corrected chi connectivity index (χ1v) is 11.8. The minimum absolute atomic E-state index is 0.0589. The quantitative estimate of drug-likeness (QED) is 0.361. The van der Waals surface area contributed by atoms with Crippen molar-refractivity contribution in [2.75, 3.05) is 17.2 Å². The number of hydrogen-bond acceptors (Lipinski definition) is 5. The average Bonchev–Trinajstić information content (AvgIpc) is 2.84. The number of ether oxygens (including phenoxy) is 2. The van der Waals surface area contributed by atoms with Crippen LogP contribution in [-0.2, 0) is 24.5 Å². The summed E-state index contributed by atoms with van der Waals surface area (Å²) in [5.41, 5.74) is 3.45. The molecule has 0 fully saturated rings. The number of nitrogens with one attached hydrogen (secondary N) is 2. The summed E-state index contributed by atoms with van der Waals surface area (Å²) in [6, 6.07) is 22.2. The van der Waals surface area contributed by atoms with E-state index < -0.39 is 18.5 Å². The van der Waals surface area contributed by atoms with Crippen LogP contribution < -0.4 is 15.4 Å². The van der Waals surface area contributed by atoms with Gasteiger partial charge < -0.3 is 20.1 Å². The minimum atomic E-state index is -0.619. The maximum atomic E-state index is 12.2. The van der Waals surface area contributed by atoms with Crippen LogP contribution >= 0.6 is 0 Å². The average molecular weight is 489 g/mol. The summed E-state index contributed by atoms with van der Waals surface area (Å²) in [6.45, 7) is 7.93. The first-order valence-electron chi connectivity index (χ1n) is 11.8. The van der Waals surface area contributed by atoms with Crippen LogP contribution in [0.1, 0.15) is 44.7 Å². The van der Waals surface area contributed by atoms with Gasteiger partial charge in [0.25, 0.3) is 5.91 Å². The summed E-state index contributed by atoms with van der Waals surface area (Å²) in [6.07, 6.45) is -0.189. The lowest BCUT2D eigenvalue weighted by Gasteiger charge is -2.19. The van der Waals surface area contributed by atoms with Crippen LogP contribution in [-0.4, -0.2) is 24.4 Å². The first-order chi connectivity index (χ1) is 17.1. The number of amides is 2. The molecule has 0 heterocycles. The summed E-state index contributed by atoms with van der Waals surface area (Å²) in [4.78, 5) is 36.1. The summed E-state index contributed by atoms with van der Waals surface area (Å²) in [7, 11) is 0. The molecule has 0 spiro atoms. The summed E-state index contributed by atoms with van der Waals surface area (Å²) in [5.74, 6) is -0.0152. The van der Waals surface area contributed by atoms with Gasteiger partial charge in [0, 0.05) is 17.8 Å². The molecule has 0 aromatic heterocycles. The molecule has 3 aromatic carbocycles. The monoisotopic (exact) mass is 488 g/mol. The number of rotatable bonds is 9. The van der Waals surface area contributed by atoms with E-state index in [9.17, 15) is 14.4 Å². The zero-order chi connectivity index (χ0) is 26.1. The van der Waals surface area contributed by atoms with Gasteiger partial charge in [0.15, 0.2) is 6.61 Å².